The molecule has 0 aromatic heterocycles. The van der Waals surface area contributed by atoms with Crippen LogP contribution in [0.5, 0.6) is 0 Å². The van der Waals surface area contributed by atoms with Gasteiger partial charge in [0, 0.05) is 5.75 Å². The van der Waals surface area contributed by atoms with Crippen LogP contribution in [0.2, 0.25) is 0 Å². The molecular weight excluding hydrogens is 392 g/mol. The predicted octanol–water partition coefficient (Wildman–Crippen LogP) is -1.68. The van der Waals surface area contributed by atoms with Gasteiger partial charge in [0.2, 0.25) is 17.7 Å². The molecule has 0 aliphatic carbocycles. The van der Waals surface area contributed by atoms with E-state index in [9.17, 15) is 29.1 Å². The van der Waals surface area contributed by atoms with Crippen molar-refractivity contribution in [2.75, 3.05) is 5.75 Å². The van der Waals surface area contributed by atoms with Crippen LogP contribution in [-0.4, -0.2) is 69.8 Å². The number of nitrogens with one attached hydrogen (secondary N) is 3. The van der Waals surface area contributed by atoms with Gasteiger partial charge in [-0.2, -0.15) is 12.6 Å². The molecule has 12 heteroatoms. The van der Waals surface area contributed by atoms with Crippen molar-refractivity contribution in [1.82, 2.24) is 16.0 Å². The van der Waals surface area contributed by atoms with E-state index in [0.717, 1.165) is 0 Å². The summed E-state index contributed by atoms with van der Waals surface area (Å²) in [6.45, 7) is 4.94. The molecule has 0 aromatic carbocycles. The summed E-state index contributed by atoms with van der Waals surface area (Å²) in [7, 11) is 0. The first-order valence-corrected chi connectivity index (χ1v) is 9.24. The van der Waals surface area contributed by atoms with E-state index < -0.39 is 60.2 Å². The van der Waals surface area contributed by atoms with Crippen LogP contribution < -0.4 is 21.7 Å². The molecule has 0 rings (SSSR count). The lowest BCUT2D eigenvalue weighted by Gasteiger charge is -2.24. The average Bonchev–Trinajstić information content (AvgIpc) is 2.56. The van der Waals surface area contributed by atoms with Gasteiger partial charge in [0.1, 0.15) is 18.1 Å². The van der Waals surface area contributed by atoms with Crippen molar-refractivity contribution in [1.29, 1.82) is 0 Å². The Morgan fingerprint density at radius 1 is 0.857 bits per heavy atom. The molecule has 0 radical (unpaired) electrons. The summed E-state index contributed by atoms with van der Waals surface area (Å²) in [6, 6.07) is -4.81. The van der Waals surface area contributed by atoms with E-state index in [0.29, 0.717) is 0 Å². The zero-order chi connectivity index (χ0) is 22.0. The van der Waals surface area contributed by atoms with Crippen LogP contribution in [0, 0.1) is 5.92 Å². The monoisotopic (exact) mass is 420 g/mol. The van der Waals surface area contributed by atoms with Gasteiger partial charge in [0.05, 0.1) is 12.5 Å². The van der Waals surface area contributed by atoms with Gasteiger partial charge in [-0.3, -0.25) is 19.2 Å². The van der Waals surface area contributed by atoms with E-state index in [-0.39, 0.29) is 18.1 Å². The lowest BCUT2D eigenvalue weighted by molar-refractivity contribution is -0.143. The molecule has 0 aromatic rings. The first-order valence-electron chi connectivity index (χ1n) is 8.61. The average molecular weight is 420 g/mol. The Hall–Kier alpha value is -2.34. The molecule has 0 saturated heterocycles. The van der Waals surface area contributed by atoms with Crippen molar-refractivity contribution < 1.29 is 34.2 Å². The number of amides is 3. The Labute approximate surface area is 168 Å². The van der Waals surface area contributed by atoms with Gasteiger partial charge in [-0.15, -0.1) is 0 Å². The number of carboxylic acids is 2. The Morgan fingerprint density at radius 2 is 1.32 bits per heavy atom. The third-order valence-corrected chi connectivity index (χ3v) is 3.93. The van der Waals surface area contributed by atoms with Gasteiger partial charge in [-0.05, 0) is 19.3 Å². The molecule has 7 N–H and O–H groups in total. The normalized spacial score (nSPS) is 15.1. The molecule has 160 valence electrons. The molecule has 3 amide bonds. The molecule has 0 spiro atoms. The lowest BCUT2D eigenvalue weighted by Crippen LogP contribution is -2.57. The van der Waals surface area contributed by atoms with Gasteiger partial charge >= 0.3 is 11.9 Å². The Morgan fingerprint density at radius 3 is 1.71 bits per heavy atom. The van der Waals surface area contributed by atoms with E-state index >= 15 is 0 Å². The molecule has 0 fully saturated rings. The minimum absolute atomic E-state index is 0.00106. The summed E-state index contributed by atoms with van der Waals surface area (Å²) >= 11 is 3.97. The van der Waals surface area contributed by atoms with Crippen molar-refractivity contribution in [2.24, 2.45) is 11.7 Å². The Bertz CT molecular complexity index is 598. The molecule has 0 aliphatic heterocycles. The number of hydrogen-bond acceptors (Lipinski definition) is 7. The minimum atomic E-state index is -1.46. The van der Waals surface area contributed by atoms with Gasteiger partial charge in [-0.25, -0.2) is 4.79 Å². The highest BCUT2D eigenvalue weighted by atomic mass is 32.1. The number of rotatable bonds is 12. The predicted molar refractivity (Wildman–Crippen MR) is 103 cm³/mol. The fourth-order valence-electron chi connectivity index (χ4n) is 2.12. The van der Waals surface area contributed by atoms with Crippen LogP contribution >= 0.6 is 12.6 Å². The third kappa shape index (κ3) is 9.55. The van der Waals surface area contributed by atoms with Crippen molar-refractivity contribution in [3.63, 3.8) is 0 Å². The van der Waals surface area contributed by atoms with Crippen molar-refractivity contribution in [3.8, 4) is 0 Å². The fourth-order valence-corrected chi connectivity index (χ4v) is 2.38. The third-order valence-electron chi connectivity index (χ3n) is 3.56. The van der Waals surface area contributed by atoms with Crippen LogP contribution in [0.3, 0.4) is 0 Å². The van der Waals surface area contributed by atoms with Crippen LogP contribution in [0.25, 0.3) is 0 Å². The highest BCUT2D eigenvalue weighted by Crippen LogP contribution is 2.06. The van der Waals surface area contributed by atoms with E-state index in [1.165, 1.54) is 6.92 Å². The van der Waals surface area contributed by atoms with E-state index in [2.05, 4.69) is 28.6 Å². The van der Waals surface area contributed by atoms with Crippen LogP contribution in [-0.2, 0) is 24.0 Å². The van der Waals surface area contributed by atoms with E-state index in [1.807, 2.05) is 0 Å². The maximum Gasteiger partial charge on any atom is 0.326 e. The van der Waals surface area contributed by atoms with Gasteiger partial charge < -0.3 is 31.9 Å². The fraction of sp³-hybridized carbons (Fsp3) is 0.688. The Kier molecular flexibility index (Phi) is 11.2. The summed E-state index contributed by atoms with van der Waals surface area (Å²) in [4.78, 5) is 58.6. The highest BCUT2D eigenvalue weighted by molar-refractivity contribution is 7.80. The highest BCUT2D eigenvalue weighted by Gasteiger charge is 2.30. The van der Waals surface area contributed by atoms with Gasteiger partial charge in [-0.1, -0.05) is 13.8 Å². The quantitative estimate of drug-likeness (QED) is 0.182. The largest absolute Gasteiger partial charge is 0.481 e. The lowest BCUT2D eigenvalue weighted by atomic mass is 10.0. The van der Waals surface area contributed by atoms with Crippen LogP contribution in [0.4, 0.5) is 0 Å². The topological polar surface area (TPSA) is 188 Å². The summed E-state index contributed by atoms with van der Waals surface area (Å²) in [5.41, 5.74) is 5.39. The molecule has 11 nitrogen and oxygen atoms in total. The second-order valence-corrected chi connectivity index (χ2v) is 7.09. The Balaban J connectivity index is 5.17. The van der Waals surface area contributed by atoms with Crippen molar-refractivity contribution >= 4 is 42.3 Å². The molecule has 0 bridgehead atoms. The molecule has 0 heterocycles. The first-order chi connectivity index (χ1) is 12.9. The molecule has 4 atom stereocenters. The van der Waals surface area contributed by atoms with E-state index in [4.69, 9.17) is 10.8 Å². The van der Waals surface area contributed by atoms with Crippen molar-refractivity contribution in [3.05, 3.63) is 0 Å². The summed E-state index contributed by atoms with van der Waals surface area (Å²) in [5.74, 6) is -5.20. The molecule has 0 saturated carbocycles. The van der Waals surface area contributed by atoms with Crippen molar-refractivity contribution in [2.45, 2.75) is 57.8 Å². The molecular formula is C16H28N4O7S. The standard InChI is InChI=1S/C16H28N4O7S/c1-7(2)4-10(16(26)27)19-15(25)11(6-28)20-14(24)9(5-12(21)22)18-13(23)8(3)17/h7-11,28H,4-6,17H2,1-3H3,(H,18,23)(H,19,25)(H,20,24)(H,21,22)(H,26,27). The molecule has 28 heavy (non-hydrogen) atoms. The first kappa shape index (κ1) is 25.7. The number of carbonyl (C=O) groups is 5. The van der Waals surface area contributed by atoms with Gasteiger partial charge in [0.25, 0.3) is 0 Å². The molecule has 4 unspecified atom stereocenters. The maximum atomic E-state index is 12.3. The number of nitrogens with two attached hydrogens (primary N) is 1. The number of carbonyl (C=O) groups excluding carboxylic acids is 3. The number of thiol groups is 1. The second kappa shape index (κ2) is 12.2. The summed E-state index contributed by atoms with van der Waals surface area (Å²) in [5, 5.41) is 24.9. The summed E-state index contributed by atoms with van der Waals surface area (Å²) < 4.78 is 0. The summed E-state index contributed by atoms with van der Waals surface area (Å²) in [6.07, 6.45) is -0.545. The molecule has 0 aliphatic rings. The van der Waals surface area contributed by atoms with Gasteiger partial charge in [0.15, 0.2) is 0 Å². The van der Waals surface area contributed by atoms with E-state index in [1.54, 1.807) is 13.8 Å². The minimum Gasteiger partial charge on any atom is -0.481 e. The van der Waals surface area contributed by atoms with Crippen LogP contribution in [0.1, 0.15) is 33.6 Å². The zero-order valence-electron chi connectivity index (χ0n) is 16.0. The zero-order valence-corrected chi connectivity index (χ0v) is 16.9. The number of hydrogen-bond donors (Lipinski definition) is 7. The SMILES string of the molecule is CC(C)CC(NC(=O)C(CS)NC(=O)C(CC(=O)O)NC(=O)C(C)N)C(=O)O. The number of carboxylic acid groups (broad SMARTS) is 2. The second-order valence-electron chi connectivity index (χ2n) is 6.72. The number of aliphatic carboxylic acids is 2. The maximum absolute atomic E-state index is 12.3. The smallest absolute Gasteiger partial charge is 0.326 e. The van der Waals surface area contributed by atoms with Crippen LogP contribution in [0.15, 0.2) is 0 Å².